The van der Waals surface area contributed by atoms with Gasteiger partial charge in [0.15, 0.2) is 5.82 Å². The Bertz CT molecular complexity index is 469. The lowest BCUT2D eigenvalue weighted by Gasteiger charge is -2.39. The highest BCUT2D eigenvalue weighted by atomic mass is 16.5. The third-order valence-electron chi connectivity index (χ3n) is 3.24. The van der Waals surface area contributed by atoms with Gasteiger partial charge in [-0.1, -0.05) is 6.92 Å². The van der Waals surface area contributed by atoms with Crippen LogP contribution in [0.2, 0.25) is 0 Å². The molecular weight excluding hydrogens is 228 g/mol. The lowest BCUT2D eigenvalue weighted by Crippen LogP contribution is -2.49. The van der Waals surface area contributed by atoms with Crippen LogP contribution in [-0.4, -0.2) is 30.3 Å². The third kappa shape index (κ3) is 2.39. The summed E-state index contributed by atoms with van der Waals surface area (Å²) in [5.41, 5.74) is 7.04. The molecule has 0 saturated carbocycles. The van der Waals surface area contributed by atoms with Gasteiger partial charge in [0.05, 0.1) is 30.0 Å². The molecule has 0 bridgehead atoms. The highest BCUT2D eigenvalue weighted by Gasteiger charge is 2.27. The third-order valence-corrected chi connectivity index (χ3v) is 3.24. The Morgan fingerprint density at radius 3 is 3.06 bits per heavy atom. The van der Waals surface area contributed by atoms with Gasteiger partial charge in [-0.05, 0) is 19.4 Å². The second kappa shape index (κ2) is 5.23. The fraction of sp³-hybridized carbons (Fsp3) is 0.538. The highest BCUT2D eigenvalue weighted by molar-refractivity contribution is 5.65. The first-order valence-corrected chi connectivity index (χ1v) is 6.19. The van der Waals surface area contributed by atoms with E-state index in [4.69, 9.17) is 15.7 Å². The largest absolute Gasteiger partial charge is 0.396 e. The van der Waals surface area contributed by atoms with Crippen LogP contribution in [0.3, 0.4) is 0 Å². The molecule has 0 aliphatic carbocycles. The zero-order chi connectivity index (χ0) is 13.1. The number of ether oxygens (including phenoxy) is 1. The molecule has 0 radical (unpaired) electrons. The average molecular weight is 246 g/mol. The van der Waals surface area contributed by atoms with Gasteiger partial charge in [0.2, 0.25) is 0 Å². The Labute approximate surface area is 107 Å². The van der Waals surface area contributed by atoms with Crippen LogP contribution in [0.15, 0.2) is 12.3 Å². The predicted octanol–water partition coefficient (Wildman–Crippen LogP) is 1.54. The molecule has 2 atom stereocenters. The van der Waals surface area contributed by atoms with Crippen molar-refractivity contribution in [2.45, 2.75) is 32.4 Å². The number of nitrogen functional groups attached to an aromatic ring is 1. The zero-order valence-corrected chi connectivity index (χ0v) is 10.8. The Hall–Kier alpha value is -1.80. The maximum atomic E-state index is 8.82. The van der Waals surface area contributed by atoms with E-state index < -0.39 is 0 Å². The molecule has 0 spiro atoms. The second-order valence-corrected chi connectivity index (χ2v) is 4.61. The lowest BCUT2D eigenvalue weighted by atomic mass is 10.1. The second-order valence-electron chi connectivity index (χ2n) is 4.61. The number of morpholine rings is 1. The molecule has 1 aliphatic heterocycles. The van der Waals surface area contributed by atoms with E-state index in [1.807, 2.05) is 13.0 Å². The standard InChI is InChI=1S/C13H18N4O/c1-3-11-8-18-9(2)7-17(11)13-12(15)4-10(5-14)6-16-13/h4,6,9,11H,3,7-8,15H2,1-2H3. The number of nitrogens with two attached hydrogens (primary N) is 1. The summed E-state index contributed by atoms with van der Waals surface area (Å²) < 4.78 is 5.66. The summed E-state index contributed by atoms with van der Waals surface area (Å²) in [6.07, 6.45) is 2.72. The summed E-state index contributed by atoms with van der Waals surface area (Å²) >= 11 is 0. The van der Waals surface area contributed by atoms with Crippen LogP contribution in [0.4, 0.5) is 11.5 Å². The zero-order valence-electron chi connectivity index (χ0n) is 10.8. The van der Waals surface area contributed by atoms with Crippen LogP contribution in [-0.2, 0) is 4.74 Å². The van der Waals surface area contributed by atoms with E-state index in [-0.39, 0.29) is 6.10 Å². The summed E-state index contributed by atoms with van der Waals surface area (Å²) in [6.45, 7) is 5.63. The van der Waals surface area contributed by atoms with Crippen molar-refractivity contribution in [2.75, 3.05) is 23.8 Å². The van der Waals surface area contributed by atoms with Gasteiger partial charge in [-0.15, -0.1) is 0 Å². The van der Waals surface area contributed by atoms with Crippen molar-refractivity contribution in [3.8, 4) is 6.07 Å². The molecule has 2 rings (SSSR count). The maximum Gasteiger partial charge on any atom is 0.152 e. The topological polar surface area (TPSA) is 75.2 Å². The SMILES string of the molecule is CCC1COC(C)CN1c1ncc(C#N)cc1N. The average Bonchev–Trinajstić information content (AvgIpc) is 2.38. The summed E-state index contributed by atoms with van der Waals surface area (Å²) in [5.74, 6) is 0.760. The maximum absolute atomic E-state index is 8.82. The van der Waals surface area contributed by atoms with E-state index in [2.05, 4.69) is 16.8 Å². The number of anilines is 2. The van der Waals surface area contributed by atoms with Crippen molar-refractivity contribution in [3.05, 3.63) is 17.8 Å². The van der Waals surface area contributed by atoms with E-state index in [0.717, 1.165) is 18.8 Å². The molecule has 96 valence electrons. The van der Waals surface area contributed by atoms with Crippen molar-refractivity contribution >= 4 is 11.5 Å². The van der Waals surface area contributed by atoms with Crippen molar-refractivity contribution in [3.63, 3.8) is 0 Å². The van der Waals surface area contributed by atoms with Gasteiger partial charge in [0.25, 0.3) is 0 Å². The van der Waals surface area contributed by atoms with Crippen LogP contribution in [0, 0.1) is 11.3 Å². The number of hydrogen-bond donors (Lipinski definition) is 1. The molecule has 1 fully saturated rings. The summed E-state index contributed by atoms with van der Waals surface area (Å²) in [5, 5.41) is 8.82. The molecule has 1 aliphatic rings. The Morgan fingerprint density at radius 1 is 1.67 bits per heavy atom. The fourth-order valence-electron chi connectivity index (χ4n) is 2.22. The minimum Gasteiger partial charge on any atom is -0.396 e. The van der Waals surface area contributed by atoms with Crippen LogP contribution in [0.5, 0.6) is 0 Å². The molecule has 2 unspecified atom stereocenters. The Morgan fingerprint density at radius 2 is 2.44 bits per heavy atom. The van der Waals surface area contributed by atoms with Gasteiger partial charge in [0.1, 0.15) is 6.07 Å². The molecule has 5 heteroatoms. The first-order valence-electron chi connectivity index (χ1n) is 6.19. The summed E-state index contributed by atoms with van der Waals surface area (Å²) in [4.78, 5) is 6.51. The van der Waals surface area contributed by atoms with E-state index >= 15 is 0 Å². The number of nitriles is 1. The molecule has 0 amide bonds. The first kappa shape index (κ1) is 12.7. The van der Waals surface area contributed by atoms with Crippen molar-refractivity contribution in [1.82, 2.24) is 4.98 Å². The van der Waals surface area contributed by atoms with E-state index in [9.17, 15) is 0 Å². The number of pyridine rings is 1. The van der Waals surface area contributed by atoms with Crippen molar-refractivity contribution in [2.24, 2.45) is 0 Å². The van der Waals surface area contributed by atoms with E-state index in [1.165, 1.54) is 0 Å². The van der Waals surface area contributed by atoms with Gasteiger partial charge in [-0.3, -0.25) is 0 Å². The van der Waals surface area contributed by atoms with Gasteiger partial charge in [-0.2, -0.15) is 5.26 Å². The van der Waals surface area contributed by atoms with Crippen LogP contribution >= 0.6 is 0 Å². The van der Waals surface area contributed by atoms with Gasteiger partial charge < -0.3 is 15.4 Å². The van der Waals surface area contributed by atoms with E-state index in [1.54, 1.807) is 12.3 Å². The number of nitrogens with zero attached hydrogens (tertiary/aromatic N) is 3. The van der Waals surface area contributed by atoms with E-state index in [0.29, 0.717) is 23.9 Å². The molecule has 2 N–H and O–H groups in total. The Kier molecular flexibility index (Phi) is 3.68. The first-order chi connectivity index (χ1) is 8.65. The van der Waals surface area contributed by atoms with Crippen molar-refractivity contribution < 1.29 is 4.74 Å². The van der Waals surface area contributed by atoms with Crippen LogP contribution < -0.4 is 10.6 Å². The summed E-state index contributed by atoms with van der Waals surface area (Å²) in [6, 6.07) is 4.02. The van der Waals surface area contributed by atoms with Gasteiger partial charge in [0, 0.05) is 12.7 Å². The minimum absolute atomic E-state index is 0.171. The molecular formula is C13H18N4O. The molecule has 0 aromatic carbocycles. The minimum atomic E-state index is 0.171. The molecule has 1 aromatic rings. The van der Waals surface area contributed by atoms with Crippen LogP contribution in [0.1, 0.15) is 25.8 Å². The van der Waals surface area contributed by atoms with Crippen molar-refractivity contribution in [1.29, 1.82) is 5.26 Å². The molecule has 1 saturated heterocycles. The quantitative estimate of drug-likeness (QED) is 0.856. The summed E-state index contributed by atoms with van der Waals surface area (Å²) in [7, 11) is 0. The lowest BCUT2D eigenvalue weighted by molar-refractivity contribution is 0.0297. The van der Waals surface area contributed by atoms with Crippen LogP contribution in [0.25, 0.3) is 0 Å². The van der Waals surface area contributed by atoms with Gasteiger partial charge in [-0.25, -0.2) is 4.98 Å². The molecule has 5 nitrogen and oxygen atoms in total. The Balaban J connectivity index is 2.31. The molecule has 2 heterocycles. The molecule has 18 heavy (non-hydrogen) atoms. The normalized spacial score (nSPS) is 23.7. The number of rotatable bonds is 2. The monoisotopic (exact) mass is 246 g/mol. The van der Waals surface area contributed by atoms with Gasteiger partial charge >= 0.3 is 0 Å². The number of hydrogen-bond acceptors (Lipinski definition) is 5. The highest BCUT2D eigenvalue weighted by Crippen LogP contribution is 2.27. The molecule has 1 aromatic heterocycles. The number of aromatic nitrogens is 1. The fourth-order valence-corrected chi connectivity index (χ4v) is 2.22. The smallest absolute Gasteiger partial charge is 0.152 e. The predicted molar refractivity (Wildman–Crippen MR) is 70.2 cm³/mol.